The SMILES string of the molecule is CCCCC#CCCCCCCCCCCNc1cc(C(=O)OCC(O)CO)n(C)c1. The van der Waals surface area contributed by atoms with Gasteiger partial charge in [0.2, 0.25) is 0 Å². The Bertz CT molecular complexity index is 660. The van der Waals surface area contributed by atoms with Crippen LogP contribution < -0.4 is 5.32 Å². The summed E-state index contributed by atoms with van der Waals surface area (Å²) < 4.78 is 6.70. The smallest absolute Gasteiger partial charge is 0.355 e. The number of carbonyl (C=O) groups excluding carboxylic acids is 1. The summed E-state index contributed by atoms with van der Waals surface area (Å²) in [6, 6.07) is 1.75. The van der Waals surface area contributed by atoms with Gasteiger partial charge in [-0.1, -0.05) is 51.9 Å². The van der Waals surface area contributed by atoms with Gasteiger partial charge in [0.15, 0.2) is 0 Å². The molecule has 1 rings (SSSR count). The van der Waals surface area contributed by atoms with Crippen molar-refractivity contribution in [2.24, 2.45) is 7.05 Å². The lowest BCUT2D eigenvalue weighted by Gasteiger charge is -2.08. The molecule has 0 amide bonds. The molecule has 6 nitrogen and oxygen atoms in total. The first-order valence-corrected chi connectivity index (χ1v) is 11.9. The van der Waals surface area contributed by atoms with Crippen LogP contribution in [0.25, 0.3) is 0 Å². The van der Waals surface area contributed by atoms with Gasteiger partial charge in [0.25, 0.3) is 0 Å². The van der Waals surface area contributed by atoms with Crippen molar-refractivity contribution in [3.05, 3.63) is 18.0 Å². The van der Waals surface area contributed by atoms with Crippen molar-refractivity contribution in [3.63, 3.8) is 0 Å². The van der Waals surface area contributed by atoms with Crippen LogP contribution in [0.15, 0.2) is 12.3 Å². The lowest BCUT2D eigenvalue weighted by molar-refractivity contribution is 0.00862. The van der Waals surface area contributed by atoms with Crippen molar-refractivity contribution >= 4 is 11.7 Å². The van der Waals surface area contributed by atoms with Crippen LogP contribution in [0.4, 0.5) is 5.69 Å². The number of nitrogens with one attached hydrogen (secondary N) is 1. The van der Waals surface area contributed by atoms with E-state index in [1.54, 1.807) is 17.7 Å². The molecule has 0 aliphatic rings. The van der Waals surface area contributed by atoms with Crippen LogP contribution in [0.5, 0.6) is 0 Å². The molecule has 0 bridgehead atoms. The van der Waals surface area contributed by atoms with Gasteiger partial charge in [-0.3, -0.25) is 0 Å². The lowest BCUT2D eigenvalue weighted by atomic mass is 10.1. The monoisotopic (exact) mass is 434 g/mol. The number of aryl methyl sites for hydroxylation is 1. The van der Waals surface area contributed by atoms with Gasteiger partial charge in [-0.25, -0.2) is 4.79 Å². The third kappa shape index (κ3) is 13.1. The predicted octanol–water partition coefficient (Wildman–Crippen LogP) is 4.65. The summed E-state index contributed by atoms with van der Waals surface area (Å²) in [5, 5.41) is 21.4. The van der Waals surface area contributed by atoms with Crippen molar-refractivity contribution in [3.8, 4) is 11.8 Å². The maximum atomic E-state index is 12.0. The van der Waals surface area contributed by atoms with Gasteiger partial charge in [0.1, 0.15) is 18.4 Å². The van der Waals surface area contributed by atoms with Crippen molar-refractivity contribution in [2.45, 2.75) is 90.1 Å². The van der Waals surface area contributed by atoms with Gasteiger partial charge in [-0.2, -0.15) is 0 Å². The predicted molar refractivity (Wildman–Crippen MR) is 126 cm³/mol. The normalized spacial score (nSPS) is 11.6. The van der Waals surface area contributed by atoms with Gasteiger partial charge < -0.3 is 24.8 Å². The number of hydrogen-bond donors (Lipinski definition) is 3. The highest BCUT2D eigenvalue weighted by Gasteiger charge is 2.15. The quantitative estimate of drug-likeness (QED) is 0.189. The zero-order chi connectivity index (χ0) is 22.7. The van der Waals surface area contributed by atoms with Crippen LogP contribution in [0.3, 0.4) is 0 Å². The topological polar surface area (TPSA) is 83.7 Å². The Morgan fingerprint density at radius 2 is 1.68 bits per heavy atom. The number of aliphatic hydroxyl groups is 2. The van der Waals surface area contributed by atoms with Crippen molar-refractivity contribution in [1.82, 2.24) is 4.57 Å². The van der Waals surface area contributed by atoms with E-state index in [0.717, 1.165) is 31.5 Å². The molecule has 0 aliphatic heterocycles. The summed E-state index contributed by atoms with van der Waals surface area (Å²) in [6.45, 7) is 2.44. The van der Waals surface area contributed by atoms with E-state index in [4.69, 9.17) is 9.84 Å². The zero-order valence-electron chi connectivity index (χ0n) is 19.5. The molecule has 0 spiro atoms. The van der Waals surface area contributed by atoms with Crippen LogP contribution in [0.2, 0.25) is 0 Å². The number of hydrogen-bond acceptors (Lipinski definition) is 5. The minimum Gasteiger partial charge on any atom is -0.458 e. The maximum absolute atomic E-state index is 12.0. The fourth-order valence-corrected chi connectivity index (χ4v) is 3.24. The maximum Gasteiger partial charge on any atom is 0.355 e. The Kier molecular flexibility index (Phi) is 15.4. The molecule has 0 radical (unpaired) electrons. The molecule has 0 aromatic carbocycles. The van der Waals surface area contributed by atoms with E-state index in [0.29, 0.717) is 5.69 Å². The summed E-state index contributed by atoms with van der Waals surface area (Å²) in [4.78, 5) is 12.0. The van der Waals surface area contributed by atoms with Crippen molar-refractivity contribution < 1.29 is 19.7 Å². The standard InChI is InChI=1S/C25H42N2O4/c1-3-4-5-6-7-8-9-10-11-12-13-14-15-16-17-26-22-18-24(27(2)19-22)25(30)31-21-23(29)20-28/h18-19,23,26,28-29H,3-5,8-17,20-21H2,1-2H3. The number of unbranched alkanes of at least 4 members (excludes halogenated alkanes) is 10. The largest absolute Gasteiger partial charge is 0.458 e. The molecule has 1 aromatic rings. The second kappa shape index (κ2) is 17.7. The fraction of sp³-hybridized carbons (Fsp3) is 0.720. The zero-order valence-corrected chi connectivity index (χ0v) is 19.5. The van der Waals surface area contributed by atoms with E-state index in [1.807, 2.05) is 6.20 Å². The molecule has 1 heterocycles. The number of rotatable bonds is 17. The van der Waals surface area contributed by atoms with Gasteiger partial charge in [-0.05, 0) is 25.3 Å². The molecule has 0 aliphatic carbocycles. The number of anilines is 1. The summed E-state index contributed by atoms with van der Waals surface area (Å²) >= 11 is 0. The molecule has 6 heteroatoms. The van der Waals surface area contributed by atoms with Gasteiger partial charge >= 0.3 is 5.97 Å². The highest BCUT2D eigenvalue weighted by molar-refractivity contribution is 5.89. The number of aromatic nitrogens is 1. The van der Waals surface area contributed by atoms with E-state index in [9.17, 15) is 9.90 Å². The molecule has 31 heavy (non-hydrogen) atoms. The Hall–Kier alpha value is -1.97. The summed E-state index contributed by atoms with van der Waals surface area (Å²) in [6.07, 6.45) is 15.4. The summed E-state index contributed by atoms with van der Waals surface area (Å²) in [5.41, 5.74) is 1.30. The van der Waals surface area contributed by atoms with E-state index < -0.39 is 18.7 Å². The first-order chi connectivity index (χ1) is 15.1. The molecule has 0 fully saturated rings. The molecule has 1 atom stereocenters. The van der Waals surface area contributed by atoms with E-state index >= 15 is 0 Å². The first-order valence-electron chi connectivity index (χ1n) is 11.9. The molecular formula is C25H42N2O4. The molecule has 1 unspecified atom stereocenters. The van der Waals surface area contributed by atoms with Crippen LogP contribution in [0, 0.1) is 11.8 Å². The minimum atomic E-state index is -1.04. The fourth-order valence-electron chi connectivity index (χ4n) is 3.24. The number of ether oxygens (including phenoxy) is 1. The van der Waals surface area contributed by atoms with E-state index in [-0.39, 0.29) is 6.61 Å². The van der Waals surface area contributed by atoms with Crippen molar-refractivity contribution in [1.29, 1.82) is 0 Å². The van der Waals surface area contributed by atoms with Crippen LogP contribution >= 0.6 is 0 Å². The highest BCUT2D eigenvalue weighted by Crippen LogP contribution is 2.15. The van der Waals surface area contributed by atoms with Gasteiger partial charge in [-0.15, -0.1) is 11.8 Å². The Morgan fingerprint density at radius 3 is 2.32 bits per heavy atom. The number of carbonyl (C=O) groups is 1. The molecule has 0 saturated heterocycles. The highest BCUT2D eigenvalue weighted by atomic mass is 16.5. The van der Waals surface area contributed by atoms with Crippen LogP contribution in [-0.2, 0) is 11.8 Å². The molecule has 3 N–H and O–H groups in total. The average Bonchev–Trinajstić information content (AvgIpc) is 3.14. The molecule has 1 aromatic heterocycles. The second-order valence-electron chi connectivity index (χ2n) is 8.12. The van der Waals surface area contributed by atoms with E-state index in [2.05, 4.69) is 24.1 Å². The van der Waals surface area contributed by atoms with E-state index in [1.165, 1.54) is 57.8 Å². The minimum absolute atomic E-state index is 0.212. The third-order valence-corrected chi connectivity index (χ3v) is 5.17. The molecule has 0 saturated carbocycles. The van der Waals surface area contributed by atoms with Crippen LogP contribution in [0.1, 0.15) is 94.5 Å². The number of esters is 1. The van der Waals surface area contributed by atoms with Gasteiger partial charge in [0, 0.05) is 32.6 Å². The Morgan fingerprint density at radius 1 is 1.06 bits per heavy atom. The van der Waals surface area contributed by atoms with Crippen LogP contribution in [-0.4, -0.2) is 46.6 Å². The summed E-state index contributed by atoms with van der Waals surface area (Å²) in [7, 11) is 1.78. The van der Waals surface area contributed by atoms with Crippen molar-refractivity contribution in [2.75, 3.05) is 25.1 Å². The first kappa shape index (κ1) is 27.1. The average molecular weight is 435 g/mol. The Balaban J connectivity index is 2.03. The second-order valence-corrected chi connectivity index (χ2v) is 8.12. The number of nitrogens with zero attached hydrogens (tertiary/aromatic N) is 1. The van der Waals surface area contributed by atoms with Gasteiger partial charge in [0.05, 0.1) is 12.3 Å². The number of aliphatic hydroxyl groups excluding tert-OH is 2. The lowest BCUT2D eigenvalue weighted by Crippen LogP contribution is -2.22. The summed E-state index contributed by atoms with van der Waals surface area (Å²) in [5.74, 6) is 6.02. The third-order valence-electron chi connectivity index (χ3n) is 5.17. The molecular weight excluding hydrogens is 392 g/mol. The molecule has 176 valence electrons. The Labute approximate surface area is 188 Å².